The zero-order valence-electron chi connectivity index (χ0n) is 15.3. The molecule has 2 rings (SSSR count). The minimum Gasteiger partial charge on any atom is -0.496 e. The second kappa shape index (κ2) is 9.18. The second-order valence-electron chi connectivity index (χ2n) is 6.15. The molecular weight excluding hydrogens is 316 g/mol. The first-order chi connectivity index (χ1) is 12.0. The van der Waals surface area contributed by atoms with Gasteiger partial charge in [-0.25, -0.2) is 0 Å². The van der Waals surface area contributed by atoms with Gasteiger partial charge in [0.2, 0.25) is 0 Å². The van der Waals surface area contributed by atoms with Crippen LogP contribution in [0.4, 0.5) is 11.4 Å². The summed E-state index contributed by atoms with van der Waals surface area (Å²) in [6.45, 7) is 6.45. The normalized spacial score (nSPS) is 12.6. The van der Waals surface area contributed by atoms with Crippen LogP contribution in [-0.2, 0) is 0 Å². The van der Waals surface area contributed by atoms with Crippen LogP contribution in [0.3, 0.4) is 0 Å². The van der Waals surface area contributed by atoms with E-state index in [-0.39, 0.29) is 0 Å². The Kier molecular flexibility index (Phi) is 6.95. The largest absolute Gasteiger partial charge is 0.496 e. The Balaban J connectivity index is 2.05. The first-order valence-corrected chi connectivity index (χ1v) is 8.54. The smallest absolute Gasteiger partial charge is 0.122 e. The quantitative estimate of drug-likeness (QED) is 0.655. The van der Waals surface area contributed by atoms with Gasteiger partial charge in [-0.05, 0) is 60.4 Å². The van der Waals surface area contributed by atoms with Crippen LogP contribution in [-0.4, -0.2) is 24.9 Å². The fraction of sp³-hybridized carbons (Fsp3) is 0.400. The zero-order chi connectivity index (χ0) is 18.2. The van der Waals surface area contributed by atoms with E-state index in [4.69, 9.17) is 9.47 Å². The highest BCUT2D eigenvalue weighted by atomic mass is 16.5. The average Bonchev–Trinajstić information content (AvgIpc) is 2.64. The number of azo groups is 1. The number of aliphatic hydroxyl groups excluding tert-OH is 1. The molecule has 0 radical (unpaired) electrons. The van der Waals surface area contributed by atoms with Crippen molar-refractivity contribution in [1.82, 2.24) is 0 Å². The number of hydrogen-bond acceptors (Lipinski definition) is 5. The van der Waals surface area contributed by atoms with Gasteiger partial charge in [0.05, 0.1) is 24.6 Å². The van der Waals surface area contributed by atoms with Crippen molar-refractivity contribution in [3.8, 4) is 11.5 Å². The van der Waals surface area contributed by atoms with Crippen molar-refractivity contribution in [2.75, 3.05) is 13.7 Å². The van der Waals surface area contributed by atoms with E-state index >= 15 is 0 Å². The molecule has 0 amide bonds. The van der Waals surface area contributed by atoms with Crippen molar-refractivity contribution in [3.05, 3.63) is 48.0 Å². The summed E-state index contributed by atoms with van der Waals surface area (Å²) >= 11 is 0. The van der Waals surface area contributed by atoms with Crippen LogP contribution < -0.4 is 9.47 Å². The molecular formula is C20H26N2O3. The van der Waals surface area contributed by atoms with E-state index in [9.17, 15) is 5.11 Å². The van der Waals surface area contributed by atoms with E-state index < -0.39 is 6.10 Å². The number of methoxy groups -OCH3 is 1. The zero-order valence-corrected chi connectivity index (χ0v) is 15.3. The number of hydrogen-bond donors (Lipinski definition) is 1. The Bertz CT molecular complexity index is 697. The van der Waals surface area contributed by atoms with Gasteiger partial charge in [-0.2, -0.15) is 10.2 Å². The van der Waals surface area contributed by atoms with Gasteiger partial charge in [-0.1, -0.05) is 20.8 Å². The molecule has 0 fully saturated rings. The summed E-state index contributed by atoms with van der Waals surface area (Å²) in [5, 5.41) is 18.1. The lowest BCUT2D eigenvalue weighted by molar-refractivity contribution is 0.104. The SMILES string of the molecule is CCC(O)COc1ccc(N=Nc2ccc(OC)c(C(C)C)c2)cc1. The molecule has 0 aliphatic carbocycles. The predicted molar refractivity (Wildman–Crippen MR) is 99.5 cm³/mol. The number of ether oxygens (including phenoxy) is 2. The van der Waals surface area contributed by atoms with Crippen LogP contribution >= 0.6 is 0 Å². The van der Waals surface area contributed by atoms with Gasteiger partial charge in [0.25, 0.3) is 0 Å². The lowest BCUT2D eigenvalue weighted by atomic mass is 10.0. The molecule has 0 aliphatic heterocycles. The van der Waals surface area contributed by atoms with E-state index in [2.05, 4.69) is 24.1 Å². The van der Waals surface area contributed by atoms with Crippen molar-refractivity contribution in [2.24, 2.45) is 10.2 Å². The standard InChI is InChI=1S/C20H26N2O3/c1-5-17(23)13-25-18-9-6-15(7-10-18)21-22-16-8-11-20(24-4)19(12-16)14(2)3/h6-12,14,17,23H,5,13H2,1-4H3. The molecule has 0 saturated carbocycles. The Morgan fingerprint density at radius 2 is 1.64 bits per heavy atom. The summed E-state index contributed by atoms with van der Waals surface area (Å²) in [7, 11) is 1.67. The van der Waals surface area contributed by atoms with Crippen molar-refractivity contribution < 1.29 is 14.6 Å². The molecule has 1 unspecified atom stereocenters. The second-order valence-corrected chi connectivity index (χ2v) is 6.15. The molecule has 0 spiro atoms. The molecule has 0 aromatic heterocycles. The number of nitrogens with zero attached hydrogens (tertiary/aromatic N) is 2. The lowest BCUT2D eigenvalue weighted by Gasteiger charge is -2.11. The van der Waals surface area contributed by atoms with Crippen molar-refractivity contribution in [1.29, 1.82) is 0 Å². The molecule has 0 saturated heterocycles. The van der Waals surface area contributed by atoms with Crippen molar-refractivity contribution in [2.45, 2.75) is 39.2 Å². The fourth-order valence-corrected chi connectivity index (χ4v) is 2.27. The summed E-state index contributed by atoms with van der Waals surface area (Å²) in [6.07, 6.45) is 0.233. The summed E-state index contributed by atoms with van der Waals surface area (Å²) < 4.78 is 10.9. The first kappa shape index (κ1) is 18.9. The van der Waals surface area contributed by atoms with Gasteiger partial charge in [0.15, 0.2) is 0 Å². The highest BCUT2D eigenvalue weighted by Crippen LogP contribution is 2.31. The summed E-state index contributed by atoms with van der Waals surface area (Å²) in [5.41, 5.74) is 2.64. The molecule has 0 heterocycles. The number of rotatable bonds is 8. The van der Waals surface area contributed by atoms with Gasteiger partial charge in [-0.3, -0.25) is 0 Å². The van der Waals surface area contributed by atoms with Gasteiger partial charge in [-0.15, -0.1) is 0 Å². The van der Waals surface area contributed by atoms with Crippen molar-refractivity contribution in [3.63, 3.8) is 0 Å². The summed E-state index contributed by atoms with van der Waals surface area (Å²) in [6, 6.07) is 13.1. The fourth-order valence-electron chi connectivity index (χ4n) is 2.27. The Labute approximate surface area is 149 Å². The van der Waals surface area contributed by atoms with E-state index in [1.165, 1.54) is 0 Å². The molecule has 2 aromatic rings. The van der Waals surface area contributed by atoms with Crippen LogP contribution in [0.25, 0.3) is 0 Å². The molecule has 5 heteroatoms. The maximum atomic E-state index is 9.52. The Morgan fingerprint density at radius 3 is 2.24 bits per heavy atom. The third-order valence-corrected chi connectivity index (χ3v) is 3.87. The van der Waals surface area contributed by atoms with E-state index in [0.29, 0.717) is 24.7 Å². The molecule has 0 bridgehead atoms. The van der Waals surface area contributed by atoms with Crippen LogP contribution in [0.5, 0.6) is 11.5 Å². The molecule has 1 N–H and O–H groups in total. The van der Waals surface area contributed by atoms with Crippen LogP contribution in [0, 0.1) is 0 Å². The Morgan fingerprint density at radius 1 is 1.00 bits per heavy atom. The van der Waals surface area contributed by atoms with E-state index in [0.717, 1.165) is 22.7 Å². The molecule has 5 nitrogen and oxygen atoms in total. The van der Waals surface area contributed by atoms with Gasteiger partial charge < -0.3 is 14.6 Å². The third-order valence-electron chi connectivity index (χ3n) is 3.87. The first-order valence-electron chi connectivity index (χ1n) is 8.54. The minimum atomic E-state index is -0.440. The van der Waals surface area contributed by atoms with Crippen LogP contribution in [0.15, 0.2) is 52.7 Å². The van der Waals surface area contributed by atoms with Crippen LogP contribution in [0.1, 0.15) is 38.7 Å². The van der Waals surface area contributed by atoms with E-state index in [1.807, 2.05) is 49.4 Å². The monoisotopic (exact) mass is 342 g/mol. The van der Waals surface area contributed by atoms with Gasteiger partial charge >= 0.3 is 0 Å². The maximum Gasteiger partial charge on any atom is 0.122 e. The van der Waals surface area contributed by atoms with Gasteiger partial charge in [0, 0.05) is 0 Å². The third kappa shape index (κ3) is 5.57. The predicted octanol–water partition coefficient (Wildman–Crippen LogP) is 5.38. The average molecular weight is 342 g/mol. The highest BCUT2D eigenvalue weighted by Gasteiger charge is 2.08. The minimum absolute atomic E-state index is 0.293. The van der Waals surface area contributed by atoms with Crippen LogP contribution in [0.2, 0.25) is 0 Å². The summed E-state index contributed by atoms with van der Waals surface area (Å²) in [5.74, 6) is 1.92. The maximum absolute atomic E-state index is 9.52. The highest BCUT2D eigenvalue weighted by molar-refractivity contribution is 5.49. The number of benzene rings is 2. The van der Waals surface area contributed by atoms with Crippen molar-refractivity contribution >= 4 is 11.4 Å². The number of aliphatic hydroxyl groups is 1. The lowest BCUT2D eigenvalue weighted by Crippen LogP contribution is -2.15. The van der Waals surface area contributed by atoms with Gasteiger partial charge in [0.1, 0.15) is 18.1 Å². The molecule has 1 atom stereocenters. The molecule has 2 aromatic carbocycles. The van der Waals surface area contributed by atoms with E-state index in [1.54, 1.807) is 7.11 Å². The molecule has 25 heavy (non-hydrogen) atoms. The molecule has 0 aliphatic rings. The summed E-state index contributed by atoms with van der Waals surface area (Å²) in [4.78, 5) is 0. The topological polar surface area (TPSA) is 63.4 Å². The Hall–Kier alpha value is -2.40. The molecule has 134 valence electrons.